The molecule has 0 radical (unpaired) electrons. The molecule has 2 atom stereocenters. The van der Waals surface area contributed by atoms with Gasteiger partial charge in [0.05, 0.1) is 12.1 Å². The van der Waals surface area contributed by atoms with Crippen LogP contribution >= 0.6 is 0 Å². The number of halogens is 2. The molecule has 138 valence electrons. The highest BCUT2D eigenvalue weighted by Gasteiger charge is 2.33. The first kappa shape index (κ1) is 18.2. The number of aryl methyl sites for hydroxylation is 1. The number of hydrogen-bond donors (Lipinski definition) is 1. The SMILES string of the molecule is CO[C@H]1C[C@@H](CNC(=O)c2ccc(F)c(F)c2)N(c2cc(C)ncn2)C1. The van der Waals surface area contributed by atoms with Crippen molar-refractivity contribution >= 4 is 11.7 Å². The van der Waals surface area contributed by atoms with Crippen molar-refractivity contribution in [3.8, 4) is 0 Å². The van der Waals surface area contributed by atoms with E-state index in [2.05, 4.69) is 20.2 Å². The molecule has 1 fully saturated rings. The van der Waals surface area contributed by atoms with Gasteiger partial charge in [-0.2, -0.15) is 0 Å². The number of rotatable bonds is 5. The Labute approximate surface area is 150 Å². The van der Waals surface area contributed by atoms with Crippen molar-refractivity contribution in [2.45, 2.75) is 25.5 Å². The minimum Gasteiger partial charge on any atom is -0.380 e. The number of nitrogens with one attached hydrogen (secondary N) is 1. The van der Waals surface area contributed by atoms with Crippen LogP contribution in [0.3, 0.4) is 0 Å². The molecule has 0 aliphatic carbocycles. The van der Waals surface area contributed by atoms with Gasteiger partial charge in [-0.05, 0) is 31.5 Å². The summed E-state index contributed by atoms with van der Waals surface area (Å²) in [6.45, 7) is 2.87. The number of aromatic nitrogens is 2. The fourth-order valence-corrected chi connectivity index (χ4v) is 3.07. The van der Waals surface area contributed by atoms with E-state index >= 15 is 0 Å². The van der Waals surface area contributed by atoms with Crippen molar-refractivity contribution in [1.82, 2.24) is 15.3 Å². The van der Waals surface area contributed by atoms with E-state index in [0.29, 0.717) is 13.1 Å². The highest BCUT2D eigenvalue weighted by Crippen LogP contribution is 2.25. The Balaban J connectivity index is 1.70. The number of nitrogens with zero attached hydrogens (tertiary/aromatic N) is 3. The molecule has 0 spiro atoms. The Morgan fingerprint density at radius 1 is 1.31 bits per heavy atom. The number of anilines is 1. The lowest BCUT2D eigenvalue weighted by Crippen LogP contribution is -2.40. The molecule has 1 aliphatic heterocycles. The second kappa shape index (κ2) is 7.74. The average molecular weight is 362 g/mol. The zero-order valence-electron chi connectivity index (χ0n) is 14.6. The third-order valence-electron chi connectivity index (χ3n) is 4.47. The molecule has 1 amide bonds. The molecular formula is C18H20F2N4O2. The molecule has 3 rings (SSSR count). The van der Waals surface area contributed by atoms with Gasteiger partial charge in [0.15, 0.2) is 11.6 Å². The summed E-state index contributed by atoms with van der Waals surface area (Å²) in [7, 11) is 1.65. The van der Waals surface area contributed by atoms with E-state index in [1.165, 1.54) is 12.4 Å². The fourth-order valence-electron chi connectivity index (χ4n) is 3.07. The van der Waals surface area contributed by atoms with Crippen LogP contribution in [-0.4, -0.2) is 48.2 Å². The lowest BCUT2D eigenvalue weighted by Gasteiger charge is -2.25. The molecule has 1 aromatic heterocycles. The number of carbonyl (C=O) groups excluding carboxylic acids is 1. The molecule has 2 heterocycles. The van der Waals surface area contributed by atoms with Crippen molar-refractivity contribution in [2.75, 3.05) is 25.1 Å². The van der Waals surface area contributed by atoms with Crippen molar-refractivity contribution < 1.29 is 18.3 Å². The Kier molecular flexibility index (Phi) is 5.41. The predicted molar refractivity (Wildman–Crippen MR) is 92.0 cm³/mol. The first-order valence-corrected chi connectivity index (χ1v) is 8.29. The Bertz CT molecular complexity index is 803. The molecule has 1 aliphatic rings. The summed E-state index contributed by atoms with van der Waals surface area (Å²) < 4.78 is 31.8. The van der Waals surface area contributed by atoms with Gasteiger partial charge in [-0.1, -0.05) is 0 Å². The van der Waals surface area contributed by atoms with Crippen LogP contribution in [0.15, 0.2) is 30.6 Å². The standard InChI is InChI=1S/C18H20F2N4O2/c1-11-5-17(23-10-22-11)24-9-14(26-2)7-13(24)8-21-18(25)12-3-4-15(19)16(20)6-12/h3-6,10,13-14H,7-9H2,1-2H3,(H,21,25)/t13-,14-/m0/s1. The lowest BCUT2D eigenvalue weighted by atomic mass is 10.1. The van der Waals surface area contributed by atoms with Gasteiger partial charge >= 0.3 is 0 Å². The van der Waals surface area contributed by atoms with Crippen molar-refractivity contribution in [2.24, 2.45) is 0 Å². The van der Waals surface area contributed by atoms with Gasteiger partial charge < -0.3 is 15.0 Å². The molecule has 0 bridgehead atoms. The van der Waals surface area contributed by atoms with Gasteiger partial charge in [0, 0.05) is 37.5 Å². The molecule has 8 heteroatoms. The molecule has 1 N–H and O–H groups in total. The van der Waals surface area contributed by atoms with E-state index in [1.807, 2.05) is 13.0 Å². The zero-order chi connectivity index (χ0) is 18.7. The van der Waals surface area contributed by atoms with E-state index in [4.69, 9.17) is 4.74 Å². The summed E-state index contributed by atoms with van der Waals surface area (Å²) in [5.74, 6) is -1.71. The first-order valence-electron chi connectivity index (χ1n) is 8.29. The maximum Gasteiger partial charge on any atom is 0.251 e. The summed E-state index contributed by atoms with van der Waals surface area (Å²) >= 11 is 0. The van der Waals surface area contributed by atoms with Gasteiger partial charge in [-0.3, -0.25) is 4.79 Å². The molecule has 1 saturated heterocycles. The number of ether oxygens (including phenoxy) is 1. The van der Waals surface area contributed by atoms with Crippen molar-refractivity contribution in [1.29, 1.82) is 0 Å². The van der Waals surface area contributed by atoms with Gasteiger partial charge in [-0.15, -0.1) is 0 Å². The van der Waals surface area contributed by atoms with Crippen LogP contribution in [0.4, 0.5) is 14.6 Å². The van der Waals surface area contributed by atoms with Crippen molar-refractivity contribution in [3.63, 3.8) is 0 Å². The van der Waals surface area contributed by atoms with E-state index in [-0.39, 0.29) is 17.7 Å². The lowest BCUT2D eigenvalue weighted by molar-refractivity contribution is 0.0945. The molecule has 26 heavy (non-hydrogen) atoms. The highest BCUT2D eigenvalue weighted by atomic mass is 19.2. The Morgan fingerprint density at radius 3 is 2.81 bits per heavy atom. The van der Waals surface area contributed by atoms with Gasteiger partial charge in [0.25, 0.3) is 5.91 Å². The molecule has 0 unspecified atom stereocenters. The number of carbonyl (C=O) groups is 1. The van der Waals surface area contributed by atoms with E-state index < -0.39 is 17.5 Å². The Hall–Kier alpha value is -2.61. The van der Waals surface area contributed by atoms with Gasteiger partial charge in [0.1, 0.15) is 12.1 Å². The minimum atomic E-state index is -1.05. The second-order valence-corrected chi connectivity index (χ2v) is 6.26. The maximum atomic E-state index is 13.3. The monoisotopic (exact) mass is 362 g/mol. The summed E-state index contributed by atoms with van der Waals surface area (Å²) in [5.41, 5.74) is 0.926. The van der Waals surface area contributed by atoms with Gasteiger partial charge in [-0.25, -0.2) is 18.7 Å². The zero-order valence-corrected chi connectivity index (χ0v) is 14.6. The molecule has 1 aromatic carbocycles. The van der Waals surface area contributed by atoms with Crippen LogP contribution in [0, 0.1) is 18.6 Å². The van der Waals surface area contributed by atoms with Gasteiger partial charge in [0.2, 0.25) is 0 Å². The van der Waals surface area contributed by atoms with Crippen LogP contribution in [-0.2, 0) is 4.74 Å². The Morgan fingerprint density at radius 2 is 2.12 bits per heavy atom. The minimum absolute atomic E-state index is 0.0236. The summed E-state index contributed by atoms with van der Waals surface area (Å²) in [5, 5.41) is 2.78. The third kappa shape index (κ3) is 3.96. The molecule has 2 aromatic rings. The molecule has 0 saturated carbocycles. The first-order chi connectivity index (χ1) is 12.5. The van der Waals surface area contributed by atoms with Crippen LogP contribution in [0.5, 0.6) is 0 Å². The molecular weight excluding hydrogens is 342 g/mol. The maximum absolute atomic E-state index is 13.3. The third-order valence-corrected chi connectivity index (χ3v) is 4.47. The number of hydrogen-bond acceptors (Lipinski definition) is 5. The average Bonchev–Trinajstić information content (AvgIpc) is 3.05. The van der Waals surface area contributed by atoms with Crippen molar-refractivity contribution in [3.05, 3.63) is 53.5 Å². The van der Waals surface area contributed by atoms with Crippen LogP contribution in [0.25, 0.3) is 0 Å². The van der Waals surface area contributed by atoms with Crippen LogP contribution in [0.1, 0.15) is 22.5 Å². The summed E-state index contributed by atoms with van der Waals surface area (Å²) in [6, 6.07) is 4.94. The normalized spacial score (nSPS) is 19.6. The van der Waals surface area contributed by atoms with Crippen LogP contribution < -0.4 is 10.2 Å². The van der Waals surface area contributed by atoms with E-state index in [1.54, 1.807) is 7.11 Å². The topological polar surface area (TPSA) is 67.3 Å². The smallest absolute Gasteiger partial charge is 0.251 e. The number of methoxy groups -OCH3 is 1. The summed E-state index contributed by atoms with van der Waals surface area (Å²) in [6.07, 6.45) is 2.25. The number of benzene rings is 1. The predicted octanol–water partition coefficient (Wildman–Crippen LogP) is 2.09. The largest absolute Gasteiger partial charge is 0.380 e. The van der Waals surface area contributed by atoms with E-state index in [0.717, 1.165) is 30.1 Å². The summed E-state index contributed by atoms with van der Waals surface area (Å²) in [4.78, 5) is 22.7. The fraction of sp³-hybridized carbons (Fsp3) is 0.389. The highest BCUT2D eigenvalue weighted by molar-refractivity contribution is 5.94. The van der Waals surface area contributed by atoms with E-state index in [9.17, 15) is 13.6 Å². The quantitative estimate of drug-likeness (QED) is 0.882. The second-order valence-electron chi connectivity index (χ2n) is 6.26. The van der Waals surface area contributed by atoms with Crippen LogP contribution in [0.2, 0.25) is 0 Å². The number of amides is 1. The molecule has 6 nitrogen and oxygen atoms in total.